The summed E-state index contributed by atoms with van der Waals surface area (Å²) in [5.74, 6) is 0.0515. The van der Waals surface area contributed by atoms with E-state index in [1.54, 1.807) is 153 Å². The van der Waals surface area contributed by atoms with Gasteiger partial charge >= 0.3 is 29.7 Å². The number of aromatic carboxylic acids is 1. The Labute approximate surface area is 764 Å². The molecule has 132 heavy (non-hydrogen) atoms. The molecule has 2 unspecified atom stereocenters. The summed E-state index contributed by atoms with van der Waals surface area (Å²) in [6, 6.07) is 60.8. The van der Waals surface area contributed by atoms with E-state index in [4.69, 9.17) is 37.0 Å². The molecule has 0 radical (unpaired) electrons. The third kappa shape index (κ3) is 27.8. The van der Waals surface area contributed by atoms with E-state index < -0.39 is 40.5 Å². The number of benzene rings is 6. The Morgan fingerprint density at radius 1 is 0.705 bits per heavy atom. The number of hydrogen-bond acceptors (Lipinski definition) is 26. The SMILES string of the molecule is COC(=O)C(NC(=O)c1ccccc1)(Nc1sc2c(c1C#N)CCC(C(C)(C)C)C2)C(F)(F)F.COc1ccc(C(=O)/C=C/c2ccc(-c3ccccc3)o2)cc1.COc1ccc(OC)c(-c2cc(C(=O)N/N=C/c3ccco3)[nH]n2)c1.O=C(/C=C/c1ccco1)Nc1cccc(C(=O)O)c1.O=C(Cn1cnc2ccccc21)N/N=C/c1ccco1.O=[N+]([O-])c1ncn(CCBr)n1. The second kappa shape index (κ2) is 47.4. The van der Waals surface area contributed by atoms with E-state index in [0.29, 0.717) is 93.2 Å². The lowest BCUT2D eigenvalue weighted by molar-refractivity contribution is -0.394. The van der Waals surface area contributed by atoms with Gasteiger partial charge in [-0.05, 0) is 199 Å². The van der Waals surface area contributed by atoms with Crippen molar-refractivity contribution in [1.29, 1.82) is 5.26 Å². The van der Waals surface area contributed by atoms with Crippen molar-refractivity contribution in [3.63, 3.8) is 0 Å². The lowest BCUT2D eigenvalue weighted by Gasteiger charge is -2.34. The highest BCUT2D eigenvalue weighted by Gasteiger charge is 2.64. The number of ether oxygens (including phenoxy) is 4. The fourth-order valence-corrected chi connectivity index (χ4v) is 14.0. The van der Waals surface area contributed by atoms with Gasteiger partial charge in [0.1, 0.15) is 69.4 Å². The van der Waals surface area contributed by atoms with E-state index in [1.807, 2.05) is 72.8 Å². The van der Waals surface area contributed by atoms with E-state index >= 15 is 0 Å². The minimum Gasteiger partial charge on any atom is -0.497 e. The second-order valence-corrected chi connectivity index (χ2v) is 30.8. The zero-order valence-electron chi connectivity index (χ0n) is 71.6. The number of H-pyrrole nitrogens is 1. The second-order valence-electron chi connectivity index (χ2n) is 28.9. The number of imidazole rings is 1. The Bertz CT molecular complexity index is 6370. The van der Waals surface area contributed by atoms with Crippen molar-refractivity contribution in [1.82, 2.24) is 50.7 Å². The Morgan fingerprint density at radius 3 is 1.96 bits per heavy atom. The van der Waals surface area contributed by atoms with Crippen molar-refractivity contribution in [2.24, 2.45) is 21.5 Å². The predicted octanol–water partition coefficient (Wildman–Crippen LogP) is 17.3. The first-order chi connectivity index (χ1) is 63.5. The van der Waals surface area contributed by atoms with Crippen LogP contribution in [0.25, 0.3) is 45.8 Å². The monoisotopic (exact) mass is 1880 g/mol. The van der Waals surface area contributed by atoms with Crippen LogP contribution in [0, 0.1) is 32.8 Å². The smallest absolute Gasteiger partial charge is 0.490 e. The minimum atomic E-state index is -5.28. The molecule has 1 aliphatic carbocycles. The van der Waals surface area contributed by atoms with Crippen LogP contribution >= 0.6 is 27.3 Å². The zero-order valence-corrected chi connectivity index (χ0v) is 74.0. The highest BCUT2D eigenvalue weighted by Crippen LogP contribution is 2.46. The average molecular weight is 1880 g/mol. The van der Waals surface area contributed by atoms with Gasteiger partial charge in [0.2, 0.25) is 12.2 Å². The first-order valence-electron chi connectivity index (χ1n) is 39.8. The number of aryl methyl sites for hydroxylation is 1. The standard InChI is InChI=1S/C24H26F3N3O3S.C20H16O3.C17H16N4O4.C14H12N4O2.C14H11NO4.C4H5BrN4O2/c1-22(2,3)15-10-11-16-17(13-28)20(34-18(16)12-15)30-23(21(32)33-4,24(25,26)27)29-19(31)14-8-6-5-7-9-14;1-22-17-9-7-15(8-10-17)19(21)13-11-18-12-14-20(23-18)16-5-3-2-4-6-16;1-23-11-5-6-16(24-2)13(8-11)14-9-15(20-19-14)17(22)21-18-10-12-4-3-7-25-12;19-14(17-16-8-11-4-3-7-20-11)9-18-10-15-12-5-1-2-6-13(12)18;16-13(7-6-12-5-2-8-19-12)15-11-4-1-3-10(9-11)14(17)18;5-1-2-8-3-6-4(7-8)9(10)11/h5-9,15,30H,10-12H2,1-4H3,(H,29,31);2-14H,1H3;3-10H,1-2H3,(H,19,20)(H,21,22);1-8,10H,9H2,(H,17,19);1-9H,(H,15,16)(H,17,18);3H,1-2H2/b;13-11+;18-10+;16-8+;7-6+;. The van der Waals surface area contributed by atoms with Crippen LogP contribution in [-0.2, 0) is 45.1 Å². The van der Waals surface area contributed by atoms with Crippen molar-refractivity contribution in [3.8, 4) is 45.9 Å². The zero-order chi connectivity index (χ0) is 94.7. The van der Waals surface area contributed by atoms with E-state index in [1.165, 1.54) is 90.6 Å². The number of furan rings is 4. The normalized spacial score (nSPS) is 12.5. The summed E-state index contributed by atoms with van der Waals surface area (Å²) < 4.78 is 87.6. The summed E-state index contributed by atoms with van der Waals surface area (Å²) in [5.41, 5.74) is 7.37. The van der Waals surface area contributed by atoms with Gasteiger partial charge in [0.25, 0.3) is 17.7 Å². The molecular formula is C93H86BrF3N16O18S. The summed E-state index contributed by atoms with van der Waals surface area (Å²) in [5, 5.41) is 53.9. The molecule has 8 aromatic heterocycles. The van der Waals surface area contributed by atoms with Crippen LogP contribution in [0.3, 0.4) is 0 Å². The summed E-state index contributed by atoms with van der Waals surface area (Å²) in [6.07, 6.45) is 13.1. The summed E-state index contributed by atoms with van der Waals surface area (Å²) in [4.78, 5) is 102. The highest BCUT2D eigenvalue weighted by molar-refractivity contribution is 9.09. The summed E-state index contributed by atoms with van der Waals surface area (Å²) >= 11 is 4.18. The first-order valence-corrected chi connectivity index (χ1v) is 41.7. The number of nitriles is 1. The molecule has 7 N–H and O–H groups in total. The summed E-state index contributed by atoms with van der Waals surface area (Å²) in [6.45, 7) is 7.06. The minimum absolute atomic E-state index is 0.00647. The molecule has 0 saturated carbocycles. The number of carbonyl (C=O) groups is 7. The molecule has 0 spiro atoms. The number of carboxylic acids is 1. The lowest BCUT2D eigenvalue weighted by Crippen LogP contribution is -2.69. The number of esters is 1. The number of aromatic nitrogens is 7. The molecule has 0 saturated heterocycles. The third-order valence-corrected chi connectivity index (χ3v) is 20.6. The molecule has 1 aliphatic rings. The molecular weight excluding hydrogens is 1800 g/mol. The van der Waals surface area contributed by atoms with Crippen LogP contribution < -0.4 is 41.0 Å². The Hall–Kier alpha value is -16.4. The van der Waals surface area contributed by atoms with Crippen LogP contribution in [0.4, 0.5) is 29.8 Å². The fourth-order valence-electron chi connectivity index (χ4n) is 12.3. The molecule has 4 amide bonds. The number of rotatable bonds is 27. The fraction of sp³-hybridized carbons (Fsp3) is 0.183. The molecule has 34 nitrogen and oxygen atoms in total. The molecule has 14 aromatic rings. The number of alkyl halides is 4. The maximum atomic E-state index is 14.5. The topological polar surface area (TPSA) is 458 Å². The number of aromatic amines is 1. The number of hydrazone groups is 2. The Kier molecular flexibility index (Phi) is 35.2. The number of ketones is 1. The van der Waals surface area contributed by atoms with Crippen LogP contribution in [0.2, 0.25) is 0 Å². The molecule has 0 fully saturated rings. The van der Waals surface area contributed by atoms with Gasteiger partial charge in [-0.3, -0.25) is 29.1 Å². The van der Waals surface area contributed by atoms with Gasteiger partial charge in [-0.25, -0.2) is 25.4 Å². The molecule has 39 heteroatoms. The van der Waals surface area contributed by atoms with Crippen molar-refractivity contribution >= 4 is 121 Å². The van der Waals surface area contributed by atoms with Gasteiger partial charge in [-0.1, -0.05) is 108 Å². The van der Waals surface area contributed by atoms with Gasteiger partial charge in [0.05, 0.1) is 100 Å². The van der Waals surface area contributed by atoms with Gasteiger partial charge in [0, 0.05) is 49.3 Å². The number of hydrogen-bond donors (Lipinski definition) is 7. The van der Waals surface area contributed by atoms with Crippen molar-refractivity contribution in [2.75, 3.05) is 44.4 Å². The number of nitrogens with one attached hydrogen (secondary N) is 6. The predicted molar refractivity (Wildman–Crippen MR) is 488 cm³/mol. The maximum Gasteiger partial charge on any atom is 0.490 e. The van der Waals surface area contributed by atoms with Crippen LogP contribution in [0.15, 0.2) is 278 Å². The number of fused-ring (bicyclic) bond motifs is 2. The Morgan fingerprint density at radius 2 is 1.35 bits per heavy atom. The van der Waals surface area contributed by atoms with E-state index in [0.717, 1.165) is 57.9 Å². The number of amides is 4. The van der Waals surface area contributed by atoms with Crippen molar-refractivity contribution in [2.45, 2.75) is 65.0 Å². The quantitative estimate of drug-likeness (QED) is 0.00367. The average Bonchev–Trinajstić information content (AvgIpc) is 1.34. The largest absolute Gasteiger partial charge is 0.497 e. The number of anilines is 2. The number of carboxylic acid groups (broad SMARTS) is 1. The highest BCUT2D eigenvalue weighted by atomic mass is 79.9. The number of carbonyl (C=O) groups excluding carboxylic acids is 6. The molecule has 0 aliphatic heterocycles. The van der Waals surface area contributed by atoms with Gasteiger partial charge in [0.15, 0.2) is 5.78 Å². The number of thiophene rings is 1. The first kappa shape index (κ1) is 97.8. The number of methoxy groups -OCH3 is 4. The number of para-hydroxylation sites is 2. The van der Waals surface area contributed by atoms with E-state index in [-0.39, 0.29) is 62.9 Å². The van der Waals surface area contributed by atoms with E-state index in [9.17, 15) is 62.1 Å². The number of nitrogens with zero attached hydrogens (tertiary/aromatic N) is 10. The molecule has 2 atom stereocenters. The Balaban J connectivity index is 0.000000168. The van der Waals surface area contributed by atoms with E-state index in [2.05, 4.69) is 98.4 Å². The lowest BCUT2D eigenvalue weighted by atomic mass is 9.72. The van der Waals surface area contributed by atoms with Crippen LogP contribution in [0.1, 0.15) is 108 Å². The van der Waals surface area contributed by atoms with Gasteiger partial charge in [-0.15, -0.1) is 11.3 Å². The molecule has 15 rings (SSSR count). The molecule has 680 valence electrons. The number of allylic oxidation sites excluding steroid dienone is 1. The molecule has 6 aromatic carbocycles. The maximum absolute atomic E-state index is 14.5. The summed E-state index contributed by atoms with van der Waals surface area (Å²) in [7, 11) is 5.54. The van der Waals surface area contributed by atoms with Gasteiger partial charge in [-0.2, -0.15) is 38.4 Å². The molecule has 8 heterocycles. The van der Waals surface area contributed by atoms with Crippen molar-refractivity contribution in [3.05, 3.63) is 321 Å². The molecule has 0 bridgehead atoms. The number of halogens is 4. The van der Waals surface area contributed by atoms with Gasteiger partial charge < -0.3 is 72.4 Å². The van der Waals surface area contributed by atoms with Crippen LogP contribution in [-0.4, -0.2) is 144 Å². The third-order valence-electron chi connectivity index (χ3n) is 19.1. The number of nitro groups is 1. The van der Waals surface area contributed by atoms with Crippen molar-refractivity contribution < 1.29 is 93.4 Å². The van der Waals surface area contributed by atoms with Crippen LogP contribution in [0.5, 0.6) is 17.2 Å².